The van der Waals surface area contributed by atoms with Crippen LogP contribution in [0.2, 0.25) is 0 Å². The molecule has 38 heavy (non-hydrogen) atoms. The molecular weight excluding hydrogens is 501 g/mol. The molecular formula is C26H27F3N6O3. The Labute approximate surface area is 217 Å². The number of hydrogen-bond donors (Lipinski definition) is 1. The number of benzene rings is 1. The topological polar surface area (TPSA) is 101 Å². The highest BCUT2D eigenvalue weighted by molar-refractivity contribution is 6.04. The lowest BCUT2D eigenvalue weighted by molar-refractivity contribution is -0.141. The maximum absolute atomic E-state index is 13.0. The van der Waals surface area contributed by atoms with E-state index in [0.29, 0.717) is 50.4 Å². The molecule has 200 valence electrons. The first-order valence-corrected chi connectivity index (χ1v) is 12.0. The van der Waals surface area contributed by atoms with E-state index in [1.807, 2.05) is 19.9 Å². The molecule has 0 atom stereocenters. The van der Waals surface area contributed by atoms with Gasteiger partial charge in [0.25, 0.3) is 5.91 Å². The molecule has 1 fully saturated rings. The number of halogens is 3. The molecule has 1 aliphatic rings. The molecule has 2 amide bonds. The third kappa shape index (κ3) is 5.91. The molecule has 0 radical (unpaired) electrons. The van der Waals surface area contributed by atoms with Crippen molar-refractivity contribution < 1.29 is 27.5 Å². The summed E-state index contributed by atoms with van der Waals surface area (Å²) >= 11 is 0. The molecule has 12 heteroatoms. The minimum absolute atomic E-state index is 0.123. The van der Waals surface area contributed by atoms with Gasteiger partial charge in [0, 0.05) is 44.0 Å². The first kappa shape index (κ1) is 27.0. The molecule has 0 saturated carbocycles. The quantitative estimate of drug-likeness (QED) is 0.508. The molecule has 1 saturated heterocycles. The minimum atomic E-state index is -4.71. The van der Waals surface area contributed by atoms with Gasteiger partial charge in [-0.25, -0.2) is 4.98 Å². The molecule has 2 aromatic heterocycles. The maximum atomic E-state index is 13.0. The van der Waals surface area contributed by atoms with Gasteiger partial charge < -0.3 is 15.0 Å². The Hall–Kier alpha value is -4.06. The summed E-state index contributed by atoms with van der Waals surface area (Å²) in [4.78, 5) is 33.4. The largest absolute Gasteiger partial charge is 0.435 e. The zero-order valence-corrected chi connectivity index (χ0v) is 21.2. The van der Waals surface area contributed by atoms with E-state index >= 15 is 0 Å². The molecule has 0 unspecified atom stereocenters. The van der Waals surface area contributed by atoms with Crippen LogP contribution in [0.3, 0.4) is 0 Å². The lowest BCUT2D eigenvalue weighted by atomic mass is 10.0. The summed E-state index contributed by atoms with van der Waals surface area (Å²) in [7, 11) is 0. The number of morpholine rings is 1. The van der Waals surface area contributed by atoms with Gasteiger partial charge in [0.1, 0.15) is 0 Å². The SMILES string of the molecule is CCN(C(C)=O)c1ncc(-c2cc(NC(=O)c3cnnc(C(F)(F)F)c3)ccc2C)cc1N1CCOCC1. The zero-order valence-electron chi connectivity index (χ0n) is 21.2. The standard InChI is InChI=1S/C26H27F3N6O3/c1-4-35(17(3)36)24-22(34-7-9-38-10-8-34)11-18(14-30-24)21-13-20(6-5-16(21)2)32-25(37)19-12-23(26(27,28)29)33-31-15-19/h5-6,11-15H,4,7-10H2,1-3H3,(H,32,37). The Balaban J connectivity index is 1.68. The van der Waals surface area contributed by atoms with Gasteiger partial charge in [-0.05, 0) is 49.2 Å². The third-order valence-corrected chi connectivity index (χ3v) is 6.16. The number of carbonyl (C=O) groups is 2. The van der Waals surface area contributed by atoms with E-state index < -0.39 is 17.8 Å². The monoisotopic (exact) mass is 528 g/mol. The van der Waals surface area contributed by atoms with Gasteiger partial charge in [0.2, 0.25) is 5.91 Å². The van der Waals surface area contributed by atoms with E-state index in [0.717, 1.165) is 28.6 Å². The number of ether oxygens (including phenoxy) is 1. The van der Waals surface area contributed by atoms with Crippen molar-refractivity contribution in [1.82, 2.24) is 15.2 Å². The van der Waals surface area contributed by atoms with Crippen LogP contribution >= 0.6 is 0 Å². The van der Waals surface area contributed by atoms with Crippen LogP contribution in [-0.2, 0) is 15.7 Å². The Morgan fingerprint density at radius 1 is 1.13 bits per heavy atom. The summed E-state index contributed by atoms with van der Waals surface area (Å²) in [5.74, 6) is -0.316. The normalized spacial score (nSPS) is 13.8. The number of carbonyl (C=O) groups excluding carboxylic acids is 2. The van der Waals surface area contributed by atoms with Gasteiger partial charge in [-0.2, -0.15) is 18.3 Å². The molecule has 0 spiro atoms. The first-order chi connectivity index (χ1) is 18.1. The van der Waals surface area contributed by atoms with E-state index in [9.17, 15) is 22.8 Å². The van der Waals surface area contributed by atoms with Crippen molar-refractivity contribution in [3.05, 3.63) is 59.5 Å². The van der Waals surface area contributed by atoms with Crippen molar-refractivity contribution in [2.75, 3.05) is 48.0 Å². The van der Waals surface area contributed by atoms with E-state index in [4.69, 9.17) is 4.74 Å². The Morgan fingerprint density at radius 3 is 2.53 bits per heavy atom. The van der Waals surface area contributed by atoms with Gasteiger partial charge in [0.15, 0.2) is 11.5 Å². The average molecular weight is 529 g/mol. The number of aryl methyl sites for hydroxylation is 1. The van der Waals surface area contributed by atoms with Crippen LogP contribution < -0.4 is 15.1 Å². The van der Waals surface area contributed by atoms with Gasteiger partial charge in [0.05, 0.1) is 30.7 Å². The second-order valence-electron chi connectivity index (χ2n) is 8.74. The van der Waals surface area contributed by atoms with Gasteiger partial charge in [-0.3, -0.25) is 14.5 Å². The Bertz CT molecular complexity index is 1340. The van der Waals surface area contributed by atoms with Crippen molar-refractivity contribution in [1.29, 1.82) is 0 Å². The lowest BCUT2D eigenvalue weighted by Gasteiger charge is -2.32. The van der Waals surface area contributed by atoms with Crippen molar-refractivity contribution in [3.8, 4) is 11.1 Å². The fourth-order valence-electron chi connectivity index (χ4n) is 4.20. The number of amides is 2. The predicted molar refractivity (Wildman–Crippen MR) is 136 cm³/mol. The van der Waals surface area contributed by atoms with Crippen LogP contribution in [0.15, 0.2) is 42.7 Å². The second kappa shape index (κ2) is 11.1. The molecule has 1 aromatic carbocycles. The number of rotatable bonds is 6. The number of nitrogens with zero attached hydrogens (tertiary/aromatic N) is 5. The van der Waals surface area contributed by atoms with Gasteiger partial charge >= 0.3 is 6.18 Å². The number of aromatic nitrogens is 3. The van der Waals surface area contributed by atoms with Gasteiger partial charge in [-0.1, -0.05) is 6.07 Å². The summed E-state index contributed by atoms with van der Waals surface area (Å²) in [5.41, 5.74) is 2.09. The van der Waals surface area contributed by atoms with Gasteiger partial charge in [-0.15, -0.1) is 5.10 Å². The second-order valence-corrected chi connectivity index (χ2v) is 8.74. The fraction of sp³-hybridized carbons (Fsp3) is 0.346. The highest BCUT2D eigenvalue weighted by atomic mass is 19.4. The summed E-state index contributed by atoms with van der Waals surface area (Å²) in [5, 5.41) is 8.99. The Morgan fingerprint density at radius 2 is 1.87 bits per heavy atom. The minimum Gasteiger partial charge on any atom is -0.378 e. The van der Waals surface area contributed by atoms with Crippen LogP contribution in [0.4, 0.5) is 30.4 Å². The smallest absolute Gasteiger partial charge is 0.378 e. The number of nitrogens with one attached hydrogen (secondary N) is 1. The highest BCUT2D eigenvalue weighted by Crippen LogP contribution is 2.35. The van der Waals surface area contributed by atoms with Crippen LogP contribution in [0, 0.1) is 6.92 Å². The summed E-state index contributed by atoms with van der Waals surface area (Å²) < 4.78 is 44.4. The van der Waals surface area contributed by atoms with E-state index in [2.05, 4.69) is 25.4 Å². The van der Waals surface area contributed by atoms with E-state index in [1.165, 1.54) is 6.92 Å². The Kier molecular flexibility index (Phi) is 7.91. The third-order valence-electron chi connectivity index (χ3n) is 6.16. The number of pyridine rings is 1. The van der Waals surface area contributed by atoms with Crippen molar-refractivity contribution in [2.45, 2.75) is 26.9 Å². The maximum Gasteiger partial charge on any atom is 0.435 e. The van der Waals surface area contributed by atoms with Crippen LogP contribution in [0.1, 0.15) is 35.5 Å². The number of anilines is 3. The molecule has 4 rings (SSSR count). The highest BCUT2D eigenvalue weighted by Gasteiger charge is 2.33. The molecule has 9 nitrogen and oxygen atoms in total. The zero-order chi connectivity index (χ0) is 27.4. The predicted octanol–water partition coefficient (Wildman–Crippen LogP) is 4.33. The molecule has 3 heterocycles. The van der Waals surface area contributed by atoms with Crippen molar-refractivity contribution in [2.24, 2.45) is 0 Å². The van der Waals surface area contributed by atoms with Crippen molar-refractivity contribution >= 4 is 29.0 Å². The molecule has 3 aromatic rings. The average Bonchev–Trinajstić information content (AvgIpc) is 2.90. The molecule has 1 aliphatic heterocycles. The molecule has 0 bridgehead atoms. The van der Waals surface area contributed by atoms with E-state index in [-0.39, 0.29) is 11.5 Å². The molecule has 0 aliphatic carbocycles. The summed E-state index contributed by atoms with van der Waals surface area (Å²) in [6, 6.07) is 7.80. The fourth-order valence-corrected chi connectivity index (χ4v) is 4.20. The number of alkyl halides is 3. The van der Waals surface area contributed by atoms with Crippen LogP contribution in [-0.4, -0.2) is 59.8 Å². The van der Waals surface area contributed by atoms with Crippen LogP contribution in [0.5, 0.6) is 0 Å². The lowest BCUT2D eigenvalue weighted by Crippen LogP contribution is -2.38. The summed E-state index contributed by atoms with van der Waals surface area (Å²) in [6.07, 6.45) is -2.07. The van der Waals surface area contributed by atoms with Crippen molar-refractivity contribution in [3.63, 3.8) is 0 Å². The van der Waals surface area contributed by atoms with E-state index in [1.54, 1.807) is 29.3 Å². The molecule has 1 N–H and O–H groups in total. The van der Waals surface area contributed by atoms with Crippen LogP contribution in [0.25, 0.3) is 11.1 Å². The first-order valence-electron chi connectivity index (χ1n) is 12.0. The number of hydrogen-bond acceptors (Lipinski definition) is 7. The summed E-state index contributed by atoms with van der Waals surface area (Å²) in [6.45, 7) is 8.12.